The van der Waals surface area contributed by atoms with Crippen LogP contribution in [0.25, 0.3) is 11.1 Å². The zero-order chi connectivity index (χ0) is 21.3. The van der Waals surface area contributed by atoms with Crippen molar-refractivity contribution in [2.45, 2.75) is 39.0 Å². The van der Waals surface area contributed by atoms with E-state index in [0.29, 0.717) is 24.4 Å². The molecule has 30 heavy (non-hydrogen) atoms. The van der Waals surface area contributed by atoms with Crippen LogP contribution in [0.3, 0.4) is 0 Å². The second-order valence-corrected chi connectivity index (χ2v) is 8.55. The smallest absolute Gasteiger partial charge is 0.258 e. The number of nitrogens with one attached hydrogen (secondary N) is 1. The van der Waals surface area contributed by atoms with E-state index in [1.165, 1.54) is 5.56 Å². The van der Waals surface area contributed by atoms with Gasteiger partial charge in [-0.2, -0.15) is 0 Å². The highest BCUT2D eigenvalue weighted by atomic mass is 16.5. The van der Waals surface area contributed by atoms with Gasteiger partial charge in [-0.3, -0.25) is 14.9 Å². The number of carbonyl (C=O) groups is 2. The maximum Gasteiger partial charge on any atom is 0.258 e. The van der Waals surface area contributed by atoms with Gasteiger partial charge in [0.15, 0.2) is 0 Å². The lowest BCUT2D eigenvalue weighted by atomic mass is 9.86. The topological polar surface area (TPSA) is 75.4 Å². The number of carbonyl (C=O) groups excluding carboxylic acids is 2. The molecule has 2 aromatic carbocycles. The van der Waals surface area contributed by atoms with Crippen LogP contribution in [0, 0.1) is 0 Å². The Labute approximate surface area is 175 Å². The summed E-state index contributed by atoms with van der Waals surface area (Å²) < 4.78 is 5.31. The van der Waals surface area contributed by atoms with Crippen LogP contribution in [-0.4, -0.2) is 23.5 Å². The van der Waals surface area contributed by atoms with E-state index >= 15 is 0 Å². The summed E-state index contributed by atoms with van der Waals surface area (Å²) in [6, 6.07) is 15.2. The van der Waals surface area contributed by atoms with Gasteiger partial charge in [-0.05, 0) is 41.2 Å². The number of rotatable bonds is 4. The SMILES string of the molecule is CC(C)(C)c1ccc(-c2cnoc2NC(=O)c2cccc(N3CCCC3=O)c2)cc1. The molecule has 1 saturated heterocycles. The first-order valence-corrected chi connectivity index (χ1v) is 10.1. The Morgan fingerprint density at radius 1 is 1.13 bits per heavy atom. The lowest BCUT2D eigenvalue weighted by Gasteiger charge is -2.19. The summed E-state index contributed by atoms with van der Waals surface area (Å²) in [5.74, 6) is 0.0720. The van der Waals surface area contributed by atoms with Gasteiger partial charge in [0.05, 0.1) is 11.8 Å². The Morgan fingerprint density at radius 3 is 2.57 bits per heavy atom. The average Bonchev–Trinajstić information content (AvgIpc) is 3.36. The lowest BCUT2D eigenvalue weighted by Crippen LogP contribution is -2.24. The van der Waals surface area contributed by atoms with Crippen LogP contribution in [0.2, 0.25) is 0 Å². The van der Waals surface area contributed by atoms with E-state index in [9.17, 15) is 9.59 Å². The molecule has 3 aromatic rings. The fourth-order valence-electron chi connectivity index (χ4n) is 3.60. The number of nitrogens with zero attached hydrogens (tertiary/aromatic N) is 2. The molecule has 1 aliphatic heterocycles. The first kappa shape index (κ1) is 19.9. The normalized spacial score (nSPS) is 14.2. The van der Waals surface area contributed by atoms with Crippen molar-refractivity contribution in [1.29, 1.82) is 0 Å². The van der Waals surface area contributed by atoms with E-state index in [-0.39, 0.29) is 17.2 Å². The lowest BCUT2D eigenvalue weighted by molar-refractivity contribution is -0.117. The molecule has 154 valence electrons. The quantitative estimate of drug-likeness (QED) is 0.664. The summed E-state index contributed by atoms with van der Waals surface area (Å²) in [6.07, 6.45) is 2.98. The van der Waals surface area contributed by atoms with Crippen LogP contribution in [-0.2, 0) is 10.2 Å². The molecule has 0 radical (unpaired) electrons. The highest BCUT2D eigenvalue weighted by Crippen LogP contribution is 2.31. The van der Waals surface area contributed by atoms with Gasteiger partial charge < -0.3 is 9.42 Å². The fourth-order valence-corrected chi connectivity index (χ4v) is 3.60. The molecular formula is C24H25N3O3. The van der Waals surface area contributed by atoms with E-state index in [4.69, 9.17) is 4.52 Å². The number of amides is 2. The van der Waals surface area contributed by atoms with Crippen LogP contribution < -0.4 is 10.2 Å². The predicted octanol–water partition coefficient (Wildman–Crippen LogP) is 5.02. The molecule has 1 aliphatic rings. The molecule has 1 aromatic heterocycles. The van der Waals surface area contributed by atoms with E-state index in [0.717, 1.165) is 23.2 Å². The van der Waals surface area contributed by atoms with Gasteiger partial charge in [-0.15, -0.1) is 0 Å². The molecule has 0 bridgehead atoms. The molecule has 1 fully saturated rings. The zero-order valence-electron chi connectivity index (χ0n) is 17.4. The third kappa shape index (κ3) is 3.99. The standard InChI is InChI=1S/C24H25N3O3/c1-24(2,3)18-11-9-16(10-12-18)20-15-25-30-23(20)26-22(29)17-6-4-7-19(14-17)27-13-5-8-21(27)28/h4,6-7,9-12,14-15H,5,8,13H2,1-3H3,(H,26,29). The maximum atomic E-state index is 12.8. The Bertz CT molecular complexity index is 1080. The molecule has 0 unspecified atom stereocenters. The Hall–Kier alpha value is -3.41. The number of hydrogen-bond donors (Lipinski definition) is 1. The third-order valence-corrected chi connectivity index (χ3v) is 5.35. The molecule has 0 saturated carbocycles. The number of aromatic nitrogens is 1. The minimum Gasteiger partial charge on any atom is -0.338 e. The minimum absolute atomic E-state index is 0.0615. The molecule has 2 heterocycles. The van der Waals surface area contributed by atoms with Crippen LogP contribution in [0.4, 0.5) is 11.6 Å². The van der Waals surface area contributed by atoms with Crippen molar-refractivity contribution in [2.75, 3.05) is 16.8 Å². The molecule has 0 spiro atoms. The second kappa shape index (κ2) is 7.78. The van der Waals surface area contributed by atoms with Gasteiger partial charge >= 0.3 is 0 Å². The molecular weight excluding hydrogens is 378 g/mol. The summed E-state index contributed by atoms with van der Waals surface area (Å²) >= 11 is 0. The van der Waals surface area contributed by atoms with Gasteiger partial charge in [-0.1, -0.05) is 56.3 Å². The van der Waals surface area contributed by atoms with Gasteiger partial charge in [0, 0.05) is 24.2 Å². The van der Waals surface area contributed by atoms with Crippen molar-refractivity contribution < 1.29 is 14.1 Å². The van der Waals surface area contributed by atoms with Crippen molar-refractivity contribution >= 4 is 23.4 Å². The third-order valence-electron chi connectivity index (χ3n) is 5.35. The summed E-state index contributed by atoms with van der Waals surface area (Å²) in [7, 11) is 0. The Kier molecular flexibility index (Phi) is 5.16. The van der Waals surface area contributed by atoms with Crippen LogP contribution in [0.5, 0.6) is 0 Å². The Morgan fingerprint density at radius 2 is 1.90 bits per heavy atom. The van der Waals surface area contributed by atoms with Crippen LogP contribution in [0.15, 0.2) is 59.3 Å². The monoisotopic (exact) mass is 403 g/mol. The zero-order valence-corrected chi connectivity index (χ0v) is 17.4. The van der Waals surface area contributed by atoms with E-state index in [1.807, 2.05) is 18.2 Å². The van der Waals surface area contributed by atoms with Gasteiger partial charge in [0.25, 0.3) is 5.91 Å². The predicted molar refractivity (Wildman–Crippen MR) is 117 cm³/mol. The summed E-state index contributed by atoms with van der Waals surface area (Å²) in [4.78, 5) is 26.5. The van der Waals surface area contributed by atoms with Gasteiger partial charge in [-0.25, -0.2) is 0 Å². The number of hydrogen-bond acceptors (Lipinski definition) is 4. The molecule has 1 N–H and O–H groups in total. The molecule has 6 heteroatoms. The van der Waals surface area contributed by atoms with E-state index in [2.05, 4.69) is 43.4 Å². The second-order valence-electron chi connectivity index (χ2n) is 8.55. The first-order chi connectivity index (χ1) is 14.3. The van der Waals surface area contributed by atoms with Crippen molar-refractivity contribution in [3.63, 3.8) is 0 Å². The van der Waals surface area contributed by atoms with Crippen molar-refractivity contribution in [3.8, 4) is 11.1 Å². The van der Waals surface area contributed by atoms with Crippen LogP contribution >= 0.6 is 0 Å². The van der Waals surface area contributed by atoms with Crippen molar-refractivity contribution in [2.24, 2.45) is 0 Å². The highest BCUT2D eigenvalue weighted by molar-refractivity contribution is 6.06. The Balaban J connectivity index is 1.54. The van der Waals surface area contributed by atoms with E-state index in [1.54, 1.807) is 29.3 Å². The number of benzene rings is 2. The van der Waals surface area contributed by atoms with Gasteiger partial charge in [0.2, 0.25) is 11.8 Å². The molecule has 6 nitrogen and oxygen atoms in total. The maximum absolute atomic E-state index is 12.8. The van der Waals surface area contributed by atoms with Crippen molar-refractivity contribution in [1.82, 2.24) is 5.16 Å². The van der Waals surface area contributed by atoms with Crippen molar-refractivity contribution in [3.05, 3.63) is 65.9 Å². The summed E-state index contributed by atoms with van der Waals surface area (Å²) in [6.45, 7) is 7.17. The largest absolute Gasteiger partial charge is 0.338 e. The molecule has 4 rings (SSSR count). The first-order valence-electron chi connectivity index (χ1n) is 10.1. The molecule has 0 atom stereocenters. The van der Waals surface area contributed by atoms with Gasteiger partial charge in [0.1, 0.15) is 0 Å². The molecule has 0 aliphatic carbocycles. The van der Waals surface area contributed by atoms with Crippen LogP contribution in [0.1, 0.15) is 49.5 Å². The van der Waals surface area contributed by atoms with E-state index < -0.39 is 0 Å². The average molecular weight is 403 g/mol. The summed E-state index contributed by atoms with van der Waals surface area (Å²) in [5, 5.41) is 6.67. The number of anilines is 2. The summed E-state index contributed by atoms with van der Waals surface area (Å²) in [5.41, 5.74) is 4.11. The highest BCUT2D eigenvalue weighted by Gasteiger charge is 2.23. The minimum atomic E-state index is -0.312. The fraction of sp³-hybridized carbons (Fsp3) is 0.292. The molecule has 2 amide bonds.